The molecule has 0 N–H and O–H groups in total. The van der Waals surface area contributed by atoms with Gasteiger partial charge < -0.3 is 0 Å². The molecule has 6 heteroatoms. The Morgan fingerprint density at radius 1 is 1.47 bits per heavy atom. The van der Waals surface area contributed by atoms with Gasteiger partial charge in [-0.15, -0.1) is 0 Å². The SMILES string of the molecule is O=C1CC(Br)CN1c1nc2cc(Br)ccc2s1. The number of anilines is 1. The van der Waals surface area contributed by atoms with Gasteiger partial charge in [0.25, 0.3) is 0 Å². The highest BCUT2D eigenvalue weighted by Crippen LogP contribution is 2.33. The summed E-state index contributed by atoms with van der Waals surface area (Å²) >= 11 is 8.46. The first-order valence-corrected chi connectivity index (χ1v) is 7.66. The standard InChI is InChI=1S/C11H8Br2N2OS/c12-6-1-2-9-8(3-6)14-11(17-9)15-5-7(13)4-10(15)16/h1-3,7H,4-5H2. The third-order valence-electron chi connectivity index (χ3n) is 2.65. The van der Waals surface area contributed by atoms with Gasteiger partial charge in [0.15, 0.2) is 5.13 Å². The molecule has 0 saturated carbocycles. The van der Waals surface area contributed by atoms with E-state index in [1.807, 2.05) is 18.2 Å². The lowest BCUT2D eigenvalue weighted by molar-refractivity contribution is -0.117. The largest absolute Gasteiger partial charge is 0.287 e. The van der Waals surface area contributed by atoms with Gasteiger partial charge >= 0.3 is 0 Å². The van der Waals surface area contributed by atoms with Gasteiger partial charge in [0.1, 0.15) is 0 Å². The lowest BCUT2D eigenvalue weighted by Gasteiger charge is -2.10. The Bertz CT molecular complexity index is 598. The average molecular weight is 376 g/mol. The van der Waals surface area contributed by atoms with Crippen LogP contribution in [0.2, 0.25) is 0 Å². The molecule has 1 saturated heterocycles. The normalized spacial score (nSPS) is 20.5. The van der Waals surface area contributed by atoms with Gasteiger partial charge in [0, 0.05) is 22.3 Å². The maximum Gasteiger partial charge on any atom is 0.230 e. The molecular weight excluding hydrogens is 368 g/mol. The van der Waals surface area contributed by atoms with E-state index >= 15 is 0 Å². The predicted molar refractivity (Wildman–Crippen MR) is 77.0 cm³/mol. The van der Waals surface area contributed by atoms with Crippen molar-refractivity contribution in [3.05, 3.63) is 22.7 Å². The Morgan fingerprint density at radius 3 is 3.00 bits per heavy atom. The number of aromatic nitrogens is 1. The molecule has 2 heterocycles. The predicted octanol–water partition coefficient (Wildman–Crippen LogP) is 3.56. The summed E-state index contributed by atoms with van der Waals surface area (Å²) < 4.78 is 2.11. The molecule has 0 aliphatic carbocycles. The molecule has 88 valence electrons. The fraction of sp³-hybridized carbons (Fsp3) is 0.273. The first-order valence-electron chi connectivity index (χ1n) is 5.14. The van der Waals surface area contributed by atoms with Gasteiger partial charge in [0.05, 0.1) is 10.2 Å². The lowest BCUT2D eigenvalue weighted by atomic mass is 10.3. The maximum atomic E-state index is 11.8. The van der Waals surface area contributed by atoms with Crippen molar-refractivity contribution >= 4 is 64.5 Å². The first-order chi connectivity index (χ1) is 8.13. The molecule has 0 bridgehead atoms. The highest BCUT2D eigenvalue weighted by atomic mass is 79.9. The highest BCUT2D eigenvalue weighted by molar-refractivity contribution is 9.10. The number of thiazole rings is 1. The monoisotopic (exact) mass is 374 g/mol. The smallest absolute Gasteiger partial charge is 0.230 e. The fourth-order valence-corrected chi connectivity index (χ4v) is 3.74. The zero-order chi connectivity index (χ0) is 12.0. The molecule has 3 rings (SSSR count). The zero-order valence-corrected chi connectivity index (χ0v) is 12.7. The number of hydrogen-bond acceptors (Lipinski definition) is 3. The molecule has 1 aromatic carbocycles. The number of alkyl halides is 1. The fourth-order valence-electron chi connectivity index (χ4n) is 1.85. The van der Waals surface area contributed by atoms with E-state index in [9.17, 15) is 4.79 Å². The Hall–Kier alpha value is -0.460. The van der Waals surface area contributed by atoms with E-state index in [0.717, 1.165) is 19.8 Å². The van der Waals surface area contributed by atoms with Crippen molar-refractivity contribution in [1.29, 1.82) is 0 Å². The molecule has 0 spiro atoms. The van der Waals surface area contributed by atoms with Crippen molar-refractivity contribution in [3.8, 4) is 0 Å². The van der Waals surface area contributed by atoms with Crippen molar-refractivity contribution in [2.75, 3.05) is 11.4 Å². The van der Waals surface area contributed by atoms with Crippen molar-refractivity contribution in [2.45, 2.75) is 11.2 Å². The number of hydrogen-bond donors (Lipinski definition) is 0. The minimum absolute atomic E-state index is 0.144. The zero-order valence-electron chi connectivity index (χ0n) is 8.69. The second kappa shape index (κ2) is 4.33. The Kier molecular flexibility index (Phi) is 2.96. The summed E-state index contributed by atoms with van der Waals surface area (Å²) in [5.74, 6) is 0.144. The molecule has 1 aliphatic rings. The van der Waals surface area contributed by atoms with E-state index in [1.165, 1.54) is 0 Å². The molecule has 0 radical (unpaired) electrons. The summed E-state index contributed by atoms with van der Waals surface area (Å²) in [6.45, 7) is 0.708. The molecular formula is C11H8Br2N2OS. The van der Waals surface area contributed by atoms with Gasteiger partial charge in [-0.1, -0.05) is 43.2 Å². The summed E-state index contributed by atoms with van der Waals surface area (Å²) in [4.78, 5) is 18.3. The summed E-state index contributed by atoms with van der Waals surface area (Å²) in [5, 5.41) is 0.796. The van der Waals surface area contributed by atoms with Crippen LogP contribution in [0.3, 0.4) is 0 Å². The van der Waals surface area contributed by atoms with Crippen molar-refractivity contribution in [3.63, 3.8) is 0 Å². The molecule has 17 heavy (non-hydrogen) atoms. The molecule has 1 fully saturated rings. The van der Waals surface area contributed by atoms with Crippen molar-refractivity contribution in [2.24, 2.45) is 0 Å². The van der Waals surface area contributed by atoms with E-state index in [0.29, 0.717) is 13.0 Å². The quantitative estimate of drug-likeness (QED) is 0.714. The van der Waals surface area contributed by atoms with Gasteiger partial charge in [-0.05, 0) is 18.2 Å². The van der Waals surface area contributed by atoms with Gasteiger partial charge in [-0.2, -0.15) is 0 Å². The Labute approximate surface area is 119 Å². The molecule has 1 amide bonds. The van der Waals surface area contributed by atoms with Crippen LogP contribution in [0.25, 0.3) is 10.2 Å². The number of rotatable bonds is 1. The molecule has 1 atom stereocenters. The van der Waals surface area contributed by atoms with Crippen LogP contribution in [-0.4, -0.2) is 22.3 Å². The van der Waals surface area contributed by atoms with Crippen LogP contribution in [0.15, 0.2) is 22.7 Å². The number of amides is 1. The molecule has 3 nitrogen and oxygen atoms in total. The van der Waals surface area contributed by atoms with E-state index in [2.05, 4.69) is 36.8 Å². The van der Waals surface area contributed by atoms with Gasteiger partial charge in [-0.3, -0.25) is 9.69 Å². The van der Waals surface area contributed by atoms with Gasteiger partial charge in [0.2, 0.25) is 5.91 Å². The molecule has 1 aliphatic heterocycles. The number of carbonyl (C=O) groups is 1. The summed E-state index contributed by atoms with van der Waals surface area (Å²) in [5.41, 5.74) is 0.935. The van der Waals surface area contributed by atoms with Crippen LogP contribution in [0, 0.1) is 0 Å². The lowest BCUT2D eigenvalue weighted by Crippen LogP contribution is -2.24. The maximum absolute atomic E-state index is 11.8. The second-order valence-corrected chi connectivity index (χ2v) is 7.13. The summed E-state index contributed by atoms with van der Waals surface area (Å²) in [7, 11) is 0. The van der Waals surface area contributed by atoms with Crippen molar-refractivity contribution in [1.82, 2.24) is 4.98 Å². The third kappa shape index (κ3) is 2.13. The minimum Gasteiger partial charge on any atom is -0.287 e. The molecule has 2 aromatic rings. The van der Waals surface area contributed by atoms with Crippen LogP contribution >= 0.6 is 43.2 Å². The molecule has 1 aromatic heterocycles. The van der Waals surface area contributed by atoms with E-state index in [-0.39, 0.29) is 10.7 Å². The average Bonchev–Trinajstić information content (AvgIpc) is 2.80. The number of nitrogens with zero attached hydrogens (tertiary/aromatic N) is 2. The van der Waals surface area contributed by atoms with Crippen LogP contribution in [0.5, 0.6) is 0 Å². The van der Waals surface area contributed by atoms with Crippen molar-refractivity contribution < 1.29 is 4.79 Å². The minimum atomic E-state index is 0.144. The van der Waals surface area contributed by atoms with Crippen LogP contribution in [0.4, 0.5) is 5.13 Å². The van der Waals surface area contributed by atoms with E-state index < -0.39 is 0 Å². The summed E-state index contributed by atoms with van der Waals surface area (Å²) in [6.07, 6.45) is 0.555. The molecule has 1 unspecified atom stereocenters. The Balaban J connectivity index is 2.03. The number of benzene rings is 1. The van der Waals surface area contributed by atoms with Crippen LogP contribution in [-0.2, 0) is 4.79 Å². The number of fused-ring (bicyclic) bond motifs is 1. The van der Waals surface area contributed by atoms with E-state index in [4.69, 9.17) is 0 Å². The summed E-state index contributed by atoms with van der Waals surface area (Å²) in [6, 6.07) is 5.98. The number of halogens is 2. The van der Waals surface area contributed by atoms with Crippen LogP contribution in [0.1, 0.15) is 6.42 Å². The highest BCUT2D eigenvalue weighted by Gasteiger charge is 2.30. The first kappa shape index (κ1) is 11.6. The van der Waals surface area contributed by atoms with E-state index in [1.54, 1.807) is 16.2 Å². The number of carbonyl (C=O) groups excluding carboxylic acids is 1. The van der Waals surface area contributed by atoms with Gasteiger partial charge in [-0.25, -0.2) is 4.98 Å². The topological polar surface area (TPSA) is 33.2 Å². The second-order valence-electron chi connectivity index (χ2n) is 3.91. The Morgan fingerprint density at radius 2 is 2.29 bits per heavy atom. The third-order valence-corrected chi connectivity index (χ3v) is 4.81. The van der Waals surface area contributed by atoms with Crippen LogP contribution < -0.4 is 4.90 Å².